The van der Waals surface area contributed by atoms with Gasteiger partial charge in [-0.2, -0.15) is 4.73 Å². The van der Waals surface area contributed by atoms with Gasteiger partial charge in [-0.25, -0.2) is 0 Å². The summed E-state index contributed by atoms with van der Waals surface area (Å²) in [6.45, 7) is 0. The van der Waals surface area contributed by atoms with Gasteiger partial charge in [0, 0.05) is 22.9 Å². The summed E-state index contributed by atoms with van der Waals surface area (Å²) in [6.07, 6.45) is 0.794. The first kappa shape index (κ1) is 13.2. The molecular weight excluding hydrogens is 270 g/mol. The molecule has 1 aromatic carbocycles. The molecule has 2 aromatic rings. The predicted molar refractivity (Wildman–Crippen MR) is 72.5 cm³/mol. The fourth-order valence-electron chi connectivity index (χ4n) is 1.50. The molecule has 0 amide bonds. The fourth-order valence-corrected chi connectivity index (χ4v) is 2.58. The number of halogens is 1. The van der Waals surface area contributed by atoms with Crippen molar-refractivity contribution < 1.29 is 9.84 Å². The monoisotopic (exact) mass is 281 g/mol. The third-order valence-electron chi connectivity index (χ3n) is 2.41. The standard InChI is InChI=1S/C13H12ClNO2S/c14-11-5-3-4-10(8-11)12(16)9-18-13-6-1-2-7-15(13)17/h1-8,12,16H,9H2. The maximum atomic E-state index is 11.4. The molecule has 1 atom stereocenters. The van der Waals surface area contributed by atoms with Crippen LogP contribution in [-0.4, -0.2) is 10.9 Å². The molecular formula is C13H12ClNO2S. The van der Waals surface area contributed by atoms with E-state index in [1.807, 2.05) is 6.07 Å². The minimum absolute atomic E-state index is 0.409. The normalized spacial score (nSPS) is 12.3. The average molecular weight is 282 g/mol. The molecule has 1 aromatic heterocycles. The van der Waals surface area contributed by atoms with Crippen molar-refractivity contribution >= 4 is 23.4 Å². The maximum Gasteiger partial charge on any atom is 0.251 e. The molecule has 0 fully saturated rings. The number of rotatable bonds is 4. The highest BCUT2D eigenvalue weighted by atomic mass is 35.5. The summed E-state index contributed by atoms with van der Waals surface area (Å²) >= 11 is 7.17. The van der Waals surface area contributed by atoms with Gasteiger partial charge in [0.2, 0.25) is 0 Å². The zero-order valence-electron chi connectivity index (χ0n) is 9.49. The molecule has 1 N–H and O–H groups in total. The van der Waals surface area contributed by atoms with Gasteiger partial charge in [-0.05, 0) is 23.8 Å². The lowest BCUT2D eigenvalue weighted by Gasteiger charge is -2.10. The molecule has 0 aliphatic heterocycles. The Morgan fingerprint density at radius 1 is 1.28 bits per heavy atom. The number of hydrogen-bond donors (Lipinski definition) is 1. The van der Waals surface area contributed by atoms with E-state index < -0.39 is 6.10 Å². The van der Waals surface area contributed by atoms with Gasteiger partial charge in [0.1, 0.15) is 0 Å². The average Bonchev–Trinajstić information content (AvgIpc) is 2.37. The number of benzene rings is 1. The third-order valence-corrected chi connectivity index (χ3v) is 3.74. The first-order valence-electron chi connectivity index (χ1n) is 5.41. The molecule has 3 nitrogen and oxygen atoms in total. The van der Waals surface area contributed by atoms with Crippen molar-refractivity contribution in [2.24, 2.45) is 0 Å². The minimum Gasteiger partial charge on any atom is -0.618 e. The minimum atomic E-state index is -0.645. The summed E-state index contributed by atoms with van der Waals surface area (Å²) in [7, 11) is 0. The van der Waals surface area contributed by atoms with Gasteiger partial charge in [0.05, 0.1) is 6.10 Å². The molecule has 2 rings (SSSR count). The van der Waals surface area contributed by atoms with Crippen molar-refractivity contribution in [2.75, 3.05) is 5.75 Å². The highest BCUT2D eigenvalue weighted by Gasteiger charge is 2.12. The first-order chi connectivity index (χ1) is 8.66. The zero-order valence-corrected chi connectivity index (χ0v) is 11.1. The highest BCUT2D eigenvalue weighted by molar-refractivity contribution is 7.99. The number of pyridine rings is 1. The van der Waals surface area contributed by atoms with E-state index in [0.29, 0.717) is 15.8 Å². The predicted octanol–water partition coefficient (Wildman–Crippen LogP) is 2.80. The lowest BCUT2D eigenvalue weighted by molar-refractivity contribution is -0.645. The molecule has 0 radical (unpaired) electrons. The Balaban J connectivity index is 2.00. The zero-order chi connectivity index (χ0) is 13.0. The van der Waals surface area contributed by atoms with Crippen LogP contribution in [0.3, 0.4) is 0 Å². The van der Waals surface area contributed by atoms with Gasteiger partial charge in [0.15, 0.2) is 6.20 Å². The van der Waals surface area contributed by atoms with E-state index in [0.717, 1.165) is 10.3 Å². The first-order valence-corrected chi connectivity index (χ1v) is 6.77. The second-order valence-electron chi connectivity index (χ2n) is 3.75. The Labute approximate surface area is 115 Å². The van der Waals surface area contributed by atoms with Crippen molar-refractivity contribution in [2.45, 2.75) is 11.1 Å². The van der Waals surface area contributed by atoms with Crippen LogP contribution in [0.25, 0.3) is 0 Å². The Morgan fingerprint density at radius 3 is 2.83 bits per heavy atom. The maximum absolute atomic E-state index is 11.4. The van der Waals surface area contributed by atoms with E-state index in [9.17, 15) is 10.3 Å². The fraction of sp³-hybridized carbons (Fsp3) is 0.154. The van der Waals surface area contributed by atoms with Gasteiger partial charge in [-0.15, -0.1) is 0 Å². The number of hydrogen-bond acceptors (Lipinski definition) is 3. The largest absolute Gasteiger partial charge is 0.618 e. The van der Waals surface area contributed by atoms with Crippen LogP contribution in [0.4, 0.5) is 0 Å². The molecule has 0 aliphatic carbocycles. The summed E-state index contributed by atoms with van der Waals surface area (Å²) in [5.41, 5.74) is 0.753. The van der Waals surface area contributed by atoms with Crippen molar-refractivity contribution in [3.05, 3.63) is 64.5 Å². The Hall–Kier alpha value is -1.23. The molecule has 1 unspecified atom stereocenters. The SMILES string of the molecule is [O-][n+]1ccccc1SCC(O)c1cccc(Cl)c1. The number of aromatic nitrogens is 1. The summed E-state index contributed by atoms with van der Waals surface area (Å²) in [6, 6.07) is 12.3. The topological polar surface area (TPSA) is 47.2 Å². The van der Waals surface area contributed by atoms with Gasteiger partial charge in [-0.1, -0.05) is 35.5 Å². The summed E-state index contributed by atoms with van der Waals surface area (Å²) < 4.78 is 0.787. The number of thioether (sulfide) groups is 1. The van der Waals surface area contributed by atoms with Crippen molar-refractivity contribution in [1.82, 2.24) is 0 Å². The van der Waals surface area contributed by atoms with E-state index in [4.69, 9.17) is 11.6 Å². The summed E-state index contributed by atoms with van der Waals surface area (Å²) in [4.78, 5) is 0. The van der Waals surface area contributed by atoms with E-state index >= 15 is 0 Å². The van der Waals surface area contributed by atoms with Crippen molar-refractivity contribution in [3.8, 4) is 0 Å². The second kappa shape index (κ2) is 6.09. The lowest BCUT2D eigenvalue weighted by atomic mass is 10.1. The highest BCUT2D eigenvalue weighted by Crippen LogP contribution is 2.24. The molecule has 5 heteroatoms. The molecule has 0 bridgehead atoms. The van der Waals surface area contributed by atoms with Crippen LogP contribution in [0.15, 0.2) is 53.7 Å². The Kier molecular flexibility index (Phi) is 4.47. The third kappa shape index (κ3) is 3.38. The quantitative estimate of drug-likeness (QED) is 0.532. The van der Waals surface area contributed by atoms with Crippen LogP contribution in [-0.2, 0) is 0 Å². The molecule has 0 spiro atoms. The van der Waals surface area contributed by atoms with Gasteiger partial charge in [0.25, 0.3) is 5.03 Å². The van der Waals surface area contributed by atoms with Gasteiger partial charge in [-0.3, -0.25) is 0 Å². The van der Waals surface area contributed by atoms with Crippen molar-refractivity contribution in [1.29, 1.82) is 0 Å². The van der Waals surface area contributed by atoms with E-state index in [2.05, 4.69) is 0 Å². The number of aliphatic hydroxyl groups excluding tert-OH is 1. The lowest BCUT2D eigenvalue weighted by Crippen LogP contribution is -2.28. The van der Waals surface area contributed by atoms with E-state index in [1.54, 1.807) is 36.4 Å². The molecule has 94 valence electrons. The van der Waals surface area contributed by atoms with Crippen LogP contribution in [0.1, 0.15) is 11.7 Å². The van der Waals surface area contributed by atoms with Gasteiger partial charge >= 0.3 is 0 Å². The Morgan fingerprint density at radius 2 is 2.11 bits per heavy atom. The number of nitrogens with zero attached hydrogens (tertiary/aromatic N) is 1. The summed E-state index contributed by atoms with van der Waals surface area (Å²) in [5.74, 6) is 0.409. The second-order valence-corrected chi connectivity index (χ2v) is 5.22. The molecule has 0 saturated carbocycles. The van der Waals surface area contributed by atoms with Crippen LogP contribution < -0.4 is 4.73 Å². The van der Waals surface area contributed by atoms with Crippen LogP contribution in [0, 0.1) is 5.21 Å². The summed E-state index contributed by atoms with van der Waals surface area (Å²) in [5, 5.41) is 22.6. The Bertz CT molecular complexity index is 536. The van der Waals surface area contributed by atoms with Gasteiger partial charge < -0.3 is 10.3 Å². The number of aliphatic hydroxyl groups is 1. The molecule has 1 heterocycles. The smallest absolute Gasteiger partial charge is 0.251 e. The van der Waals surface area contributed by atoms with Crippen molar-refractivity contribution in [3.63, 3.8) is 0 Å². The molecule has 0 aliphatic rings. The van der Waals surface area contributed by atoms with Crippen LogP contribution >= 0.6 is 23.4 Å². The molecule has 18 heavy (non-hydrogen) atoms. The van der Waals surface area contributed by atoms with Crippen LogP contribution in [0.2, 0.25) is 5.02 Å². The van der Waals surface area contributed by atoms with E-state index in [1.165, 1.54) is 18.0 Å². The van der Waals surface area contributed by atoms with Crippen LogP contribution in [0.5, 0.6) is 0 Å². The molecule has 0 saturated heterocycles. The van der Waals surface area contributed by atoms with E-state index in [-0.39, 0.29) is 0 Å².